The maximum Gasteiger partial charge on any atom is 0.248 e. The lowest BCUT2D eigenvalue weighted by Crippen LogP contribution is -2.46. The summed E-state index contributed by atoms with van der Waals surface area (Å²) in [6.07, 6.45) is 4.95. The minimum absolute atomic E-state index is 0.168. The van der Waals surface area contributed by atoms with Gasteiger partial charge in [-0.2, -0.15) is 4.31 Å². The van der Waals surface area contributed by atoms with E-state index in [0.29, 0.717) is 30.1 Å². The first-order valence-electron chi connectivity index (χ1n) is 11.2. The van der Waals surface area contributed by atoms with Crippen LogP contribution in [-0.4, -0.2) is 55.0 Å². The number of nitrogens with zero attached hydrogens (tertiary/aromatic N) is 2. The van der Waals surface area contributed by atoms with E-state index in [1.165, 1.54) is 6.07 Å². The first kappa shape index (κ1) is 23.8. The number of carbonyl (C=O) groups excluding carboxylic acids is 1. The predicted octanol–water partition coefficient (Wildman–Crippen LogP) is 3.24. The van der Waals surface area contributed by atoms with E-state index in [9.17, 15) is 22.0 Å². The Morgan fingerprint density at radius 1 is 1.09 bits per heavy atom. The molecule has 6 nitrogen and oxygen atoms in total. The second kappa shape index (κ2) is 9.48. The summed E-state index contributed by atoms with van der Waals surface area (Å²) in [6, 6.07) is 11.6. The lowest BCUT2D eigenvalue weighted by atomic mass is 9.84. The summed E-state index contributed by atoms with van der Waals surface area (Å²) in [6.45, 7) is 0.344. The zero-order valence-corrected chi connectivity index (χ0v) is 19.4. The molecular formula is C24H29F2N3O3S. The minimum atomic E-state index is -3.65. The fourth-order valence-electron chi connectivity index (χ4n) is 5.31. The van der Waals surface area contributed by atoms with Crippen molar-refractivity contribution in [3.63, 3.8) is 0 Å². The van der Waals surface area contributed by atoms with Crippen molar-refractivity contribution in [2.75, 3.05) is 19.3 Å². The Morgan fingerprint density at radius 2 is 1.70 bits per heavy atom. The SMILES string of the molecule is CS(=O)(=O)N(CCN1[C@@H]2CC[C@H]1C[C@@H](c1cccc(C(N)=O)c1)C2)Cc1c(F)cccc1F. The highest BCUT2D eigenvalue weighted by Crippen LogP contribution is 2.43. The topological polar surface area (TPSA) is 83.7 Å². The zero-order chi connectivity index (χ0) is 23.8. The van der Waals surface area contributed by atoms with E-state index in [4.69, 9.17) is 5.73 Å². The molecule has 178 valence electrons. The molecule has 2 aliphatic heterocycles. The minimum Gasteiger partial charge on any atom is -0.366 e. The molecule has 33 heavy (non-hydrogen) atoms. The molecule has 2 saturated heterocycles. The van der Waals surface area contributed by atoms with Crippen molar-refractivity contribution in [3.05, 3.63) is 70.8 Å². The van der Waals surface area contributed by atoms with E-state index in [2.05, 4.69) is 4.90 Å². The molecule has 2 aliphatic rings. The lowest BCUT2D eigenvalue weighted by Gasteiger charge is -2.40. The summed E-state index contributed by atoms with van der Waals surface area (Å²) in [5, 5.41) is 0. The molecule has 0 aromatic heterocycles. The second-order valence-electron chi connectivity index (χ2n) is 9.08. The Balaban J connectivity index is 1.44. The van der Waals surface area contributed by atoms with E-state index in [1.54, 1.807) is 6.07 Å². The maximum absolute atomic E-state index is 14.1. The second-order valence-corrected chi connectivity index (χ2v) is 11.1. The average Bonchev–Trinajstić information content (AvgIpc) is 2.99. The van der Waals surface area contributed by atoms with E-state index >= 15 is 0 Å². The van der Waals surface area contributed by atoms with Crippen LogP contribution in [0.1, 0.15) is 53.1 Å². The fraction of sp³-hybridized carbons (Fsp3) is 0.458. The number of sulfonamides is 1. The standard InChI is InChI=1S/C24H29F2N3O3S/c1-33(31,32)28(15-21-22(25)6-3-7-23(21)26)10-11-29-19-8-9-20(29)14-18(13-19)16-4-2-5-17(12-16)24(27)30/h2-7,12,18-20H,8-11,13-15H2,1H3,(H2,27,30)/t18-,19+,20-. The van der Waals surface area contributed by atoms with Crippen LogP contribution in [0.3, 0.4) is 0 Å². The third-order valence-corrected chi connectivity index (χ3v) is 8.25. The van der Waals surface area contributed by atoms with Crippen LogP contribution in [0.25, 0.3) is 0 Å². The highest BCUT2D eigenvalue weighted by atomic mass is 32.2. The largest absolute Gasteiger partial charge is 0.366 e. The van der Waals surface area contributed by atoms with Crippen molar-refractivity contribution in [3.8, 4) is 0 Å². The third-order valence-electron chi connectivity index (χ3n) is 7.00. The summed E-state index contributed by atoms with van der Waals surface area (Å²) < 4.78 is 54.1. The molecule has 4 rings (SSSR count). The van der Waals surface area contributed by atoms with Crippen LogP contribution in [0, 0.1) is 11.6 Å². The Hall–Kier alpha value is -2.36. The van der Waals surface area contributed by atoms with Gasteiger partial charge < -0.3 is 5.73 Å². The monoisotopic (exact) mass is 477 g/mol. The summed E-state index contributed by atoms with van der Waals surface area (Å²) in [4.78, 5) is 13.9. The van der Waals surface area contributed by atoms with Gasteiger partial charge in [0, 0.05) is 42.8 Å². The molecule has 2 heterocycles. The van der Waals surface area contributed by atoms with Gasteiger partial charge >= 0.3 is 0 Å². The van der Waals surface area contributed by atoms with Crippen molar-refractivity contribution < 1.29 is 22.0 Å². The van der Waals surface area contributed by atoms with Crippen molar-refractivity contribution >= 4 is 15.9 Å². The van der Waals surface area contributed by atoms with Crippen LogP contribution in [0.5, 0.6) is 0 Å². The summed E-state index contributed by atoms with van der Waals surface area (Å²) in [5.41, 5.74) is 6.81. The van der Waals surface area contributed by atoms with Gasteiger partial charge in [0.1, 0.15) is 11.6 Å². The molecule has 0 saturated carbocycles. The molecule has 2 aromatic rings. The van der Waals surface area contributed by atoms with Crippen molar-refractivity contribution in [2.24, 2.45) is 5.73 Å². The molecule has 2 N–H and O–H groups in total. The maximum atomic E-state index is 14.1. The number of rotatable bonds is 8. The smallest absolute Gasteiger partial charge is 0.248 e. The van der Waals surface area contributed by atoms with Crippen molar-refractivity contribution in [1.29, 1.82) is 0 Å². The normalized spacial score (nSPS) is 23.2. The van der Waals surface area contributed by atoms with Crippen LogP contribution in [-0.2, 0) is 16.6 Å². The van der Waals surface area contributed by atoms with Crippen LogP contribution < -0.4 is 5.73 Å². The average molecular weight is 478 g/mol. The van der Waals surface area contributed by atoms with E-state index < -0.39 is 27.6 Å². The highest BCUT2D eigenvalue weighted by Gasteiger charge is 2.41. The van der Waals surface area contributed by atoms with E-state index in [0.717, 1.165) is 53.9 Å². The Morgan fingerprint density at radius 3 is 2.27 bits per heavy atom. The molecule has 0 spiro atoms. The molecule has 0 aliphatic carbocycles. The van der Waals surface area contributed by atoms with Crippen LogP contribution in [0.4, 0.5) is 8.78 Å². The van der Waals surface area contributed by atoms with Crippen molar-refractivity contribution in [2.45, 2.75) is 50.2 Å². The van der Waals surface area contributed by atoms with Crippen LogP contribution in [0.15, 0.2) is 42.5 Å². The number of fused-ring (bicyclic) bond motifs is 2. The highest BCUT2D eigenvalue weighted by molar-refractivity contribution is 7.88. The summed E-state index contributed by atoms with van der Waals surface area (Å²) in [5.74, 6) is -1.62. The number of amides is 1. The molecule has 1 amide bonds. The number of hydrogen-bond acceptors (Lipinski definition) is 4. The van der Waals surface area contributed by atoms with Gasteiger partial charge in [-0.25, -0.2) is 17.2 Å². The number of nitrogens with two attached hydrogens (primary N) is 1. The first-order valence-corrected chi connectivity index (χ1v) is 13.0. The van der Waals surface area contributed by atoms with Gasteiger partial charge in [0.15, 0.2) is 0 Å². The van der Waals surface area contributed by atoms with Crippen LogP contribution in [0.2, 0.25) is 0 Å². The molecule has 9 heteroatoms. The lowest BCUT2D eigenvalue weighted by molar-refractivity contribution is 0.0999. The van der Waals surface area contributed by atoms with Gasteiger partial charge in [0.05, 0.1) is 6.26 Å². The first-order chi connectivity index (χ1) is 15.6. The summed E-state index contributed by atoms with van der Waals surface area (Å²) >= 11 is 0. The third kappa shape index (κ3) is 5.26. The molecular weight excluding hydrogens is 448 g/mol. The number of halogens is 2. The molecule has 2 aromatic carbocycles. The van der Waals surface area contributed by atoms with Crippen molar-refractivity contribution in [1.82, 2.24) is 9.21 Å². The predicted molar refractivity (Wildman–Crippen MR) is 122 cm³/mol. The Labute approximate surface area is 193 Å². The van der Waals surface area contributed by atoms with Gasteiger partial charge in [-0.1, -0.05) is 18.2 Å². The van der Waals surface area contributed by atoms with Gasteiger partial charge in [-0.3, -0.25) is 9.69 Å². The quantitative estimate of drug-likeness (QED) is 0.633. The molecule has 0 radical (unpaired) electrons. The molecule has 3 atom stereocenters. The number of primary amides is 1. The number of piperidine rings is 1. The van der Waals surface area contributed by atoms with Gasteiger partial charge in [0.2, 0.25) is 15.9 Å². The van der Waals surface area contributed by atoms with Gasteiger partial charge in [0.25, 0.3) is 0 Å². The Bertz CT molecular complexity index is 1110. The van der Waals surface area contributed by atoms with Gasteiger partial charge in [-0.15, -0.1) is 0 Å². The van der Waals surface area contributed by atoms with Gasteiger partial charge in [-0.05, 0) is 61.4 Å². The fourth-order valence-corrected chi connectivity index (χ4v) is 6.08. The number of carbonyl (C=O) groups is 1. The zero-order valence-electron chi connectivity index (χ0n) is 18.6. The van der Waals surface area contributed by atoms with E-state index in [1.807, 2.05) is 18.2 Å². The number of hydrogen-bond donors (Lipinski definition) is 1. The summed E-state index contributed by atoms with van der Waals surface area (Å²) in [7, 11) is -3.65. The molecule has 2 bridgehead atoms. The Kier molecular flexibility index (Phi) is 6.83. The van der Waals surface area contributed by atoms with E-state index in [-0.39, 0.29) is 18.7 Å². The molecule has 2 fully saturated rings. The number of benzene rings is 2. The molecule has 0 unspecified atom stereocenters. The van der Waals surface area contributed by atoms with Crippen LogP contribution >= 0.6 is 0 Å².